The first-order chi connectivity index (χ1) is 26.0. The molecule has 2 aromatic rings. The van der Waals surface area contributed by atoms with Crippen molar-refractivity contribution in [2.45, 2.75) is 115 Å². The highest BCUT2D eigenvalue weighted by Gasteiger charge is 2.61. The fourth-order valence-electron chi connectivity index (χ4n) is 8.54. The average Bonchev–Trinajstić information content (AvgIpc) is 4.05. The summed E-state index contributed by atoms with van der Waals surface area (Å²) in [6.07, 6.45) is 8.16. The minimum absolute atomic E-state index is 0.0452. The van der Waals surface area contributed by atoms with E-state index in [4.69, 9.17) is 18.9 Å². The van der Waals surface area contributed by atoms with E-state index < -0.39 is 56.2 Å². The zero-order valence-electron chi connectivity index (χ0n) is 32.4. The molecule has 0 bridgehead atoms. The number of benzene rings is 1. The van der Waals surface area contributed by atoms with E-state index in [1.165, 1.54) is 4.90 Å². The molecule has 0 unspecified atom stereocenters. The van der Waals surface area contributed by atoms with Gasteiger partial charge >= 0.3 is 5.97 Å². The molecule has 7 rings (SSSR count). The van der Waals surface area contributed by atoms with Crippen LogP contribution in [0.1, 0.15) is 92.4 Å². The number of ketones is 1. The number of esters is 1. The summed E-state index contributed by atoms with van der Waals surface area (Å²) >= 11 is 0. The predicted octanol–water partition coefficient (Wildman–Crippen LogP) is 5.29. The molecule has 0 spiro atoms. The van der Waals surface area contributed by atoms with Crippen LogP contribution in [0.4, 0.5) is 0 Å². The second kappa shape index (κ2) is 15.0. The number of aromatic nitrogens is 1. The molecule has 1 N–H and O–H groups in total. The third kappa shape index (κ3) is 8.49. The molecular weight excluding hydrogens is 727 g/mol. The Bertz CT molecular complexity index is 1990. The molecule has 13 nitrogen and oxygen atoms in total. The summed E-state index contributed by atoms with van der Waals surface area (Å²) < 4.78 is 52.1. The number of ether oxygens (including phenoxy) is 4. The maximum atomic E-state index is 14.9. The standard InChI is InChI=1S/C41H53N3O10S/c1-24-8-6-7-9-26-21-41(26,39(48)43-55(49,50)28-10-11-28)22-33(45)32-19-27(23-44(32)38(47)31(25(2)18-24)20-35(46)54-40(3,4)5)53-37-30-12-13-34-36(52-17-16-51-34)29(30)14-15-42-37/h7,9,12-15,24-28,31-32H,6,8,10-11,16-23H2,1-5H3,(H,43,48)/b9-7-/t24-,25-,26-,27-,31+,32+,41-/m1/s1. The first kappa shape index (κ1) is 39.1. The van der Waals surface area contributed by atoms with Crippen LogP contribution in [-0.2, 0) is 33.9 Å². The summed E-state index contributed by atoms with van der Waals surface area (Å²) in [5, 5.41) is 0.834. The van der Waals surface area contributed by atoms with Crippen LogP contribution in [0.3, 0.4) is 0 Å². The number of hydrogen-bond acceptors (Lipinski definition) is 11. The van der Waals surface area contributed by atoms with E-state index in [0.29, 0.717) is 61.7 Å². The van der Waals surface area contributed by atoms with Crippen molar-refractivity contribution in [3.63, 3.8) is 0 Å². The van der Waals surface area contributed by atoms with Crippen LogP contribution < -0.4 is 18.9 Å². The normalized spacial score (nSPS) is 30.7. The van der Waals surface area contributed by atoms with Gasteiger partial charge in [0.15, 0.2) is 17.3 Å². The molecule has 2 amide bonds. The summed E-state index contributed by atoms with van der Waals surface area (Å²) in [5.41, 5.74) is -2.00. The number of hydrogen-bond donors (Lipinski definition) is 1. The van der Waals surface area contributed by atoms with E-state index in [1.54, 1.807) is 33.0 Å². The van der Waals surface area contributed by atoms with Gasteiger partial charge in [0, 0.05) is 29.8 Å². The number of carbonyl (C=O) groups excluding carboxylic acids is 4. The number of nitrogens with zero attached hydrogens (tertiary/aromatic N) is 2. The van der Waals surface area contributed by atoms with Crippen LogP contribution in [0.2, 0.25) is 0 Å². The molecule has 0 radical (unpaired) electrons. The number of pyridine rings is 1. The highest BCUT2D eigenvalue weighted by atomic mass is 32.2. The van der Waals surface area contributed by atoms with Crippen LogP contribution in [0.5, 0.6) is 17.4 Å². The van der Waals surface area contributed by atoms with Crippen LogP contribution in [0.15, 0.2) is 36.5 Å². The Morgan fingerprint density at radius 1 is 1.04 bits per heavy atom. The van der Waals surface area contributed by atoms with Crippen LogP contribution in [-0.4, -0.2) is 84.6 Å². The van der Waals surface area contributed by atoms with Crippen molar-refractivity contribution in [2.24, 2.45) is 29.1 Å². The Balaban J connectivity index is 1.22. The first-order valence-electron chi connectivity index (χ1n) is 19.7. The largest absolute Gasteiger partial charge is 0.486 e. The fraction of sp³-hybridized carbons (Fsp3) is 0.634. The van der Waals surface area contributed by atoms with Gasteiger partial charge in [-0.15, -0.1) is 0 Å². The molecule has 1 saturated heterocycles. The lowest BCUT2D eigenvalue weighted by molar-refractivity contribution is -0.160. The molecule has 55 heavy (non-hydrogen) atoms. The molecule has 1 aromatic heterocycles. The maximum Gasteiger partial charge on any atom is 0.307 e. The smallest absolute Gasteiger partial charge is 0.307 e. The van der Waals surface area contributed by atoms with Crippen molar-refractivity contribution in [2.75, 3.05) is 19.8 Å². The number of rotatable bonds is 7. The van der Waals surface area contributed by atoms with Gasteiger partial charge in [-0.2, -0.15) is 0 Å². The number of allylic oxidation sites excluding steroid dienone is 2. The minimum atomic E-state index is -3.86. The van der Waals surface area contributed by atoms with Gasteiger partial charge in [0.1, 0.15) is 24.9 Å². The van der Waals surface area contributed by atoms with Gasteiger partial charge in [-0.1, -0.05) is 26.0 Å². The monoisotopic (exact) mass is 779 g/mol. The lowest BCUT2D eigenvalue weighted by atomic mass is 9.82. The summed E-state index contributed by atoms with van der Waals surface area (Å²) in [5.74, 6) is -1.46. The third-order valence-corrected chi connectivity index (χ3v) is 13.5. The molecule has 2 aliphatic carbocycles. The van der Waals surface area contributed by atoms with E-state index in [9.17, 15) is 27.6 Å². The van der Waals surface area contributed by atoms with Gasteiger partial charge in [0.25, 0.3) is 0 Å². The summed E-state index contributed by atoms with van der Waals surface area (Å²) in [6.45, 7) is 10.3. The molecular formula is C41H53N3O10S. The molecule has 3 aliphatic heterocycles. The van der Waals surface area contributed by atoms with Gasteiger partial charge in [-0.25, -0.2) is 13.4 Å². The number of amides is 2. The lowest BCUT2D eigenvalue weighted by Gasteiger charge is -2.32. The van der Waals surface area contributed by atoms with Crippen molar-refractivity contribution in [1.82, 2.24) is 14.6 Å². The lowest BCUT2D eigenvalue weighted by Crippen LogP contribution is -2.47. The van der Waals surface area contributed by atoms with E-state index >= 15 is 0 Å². The zero-order chi connectivity index (χ0) is 39.3. The number of sulfonamides is 1. The summed E-state index contributed by atoms with van der Waals surface area (Å²) in [4.78, 5) is 62.7. The number of nitrogens with one attached hydrogen (secondary N) is 1. The van der Waals surface area contributed by atoms with Crippen LogP contribution in [0.25, 0.3) is 10.8 Å². The van der Waals surface area contributed by atoms with E-state index in [-0.39, 0.29) is 55.3 Å². The number of Topliss-reactive ketones (excluding diaryl/α,β-unsaturated/α-hetero) is 1. The Kier molecular flexibility index (Phi) is 10.7. The van der Waals surface area contributed by atoms with Gasteiger partial charge in [0.05, 0.1) is 35.6 Å². The topological polar surface area (TPSA) is 168 Å². The average molecular weight is 780 g/mol. The highest BCUT2D eigenvalue weighted by molar-refractivity contribution is 7.90. The molecule has 14 heteroatoms. The molecule has 298 valence electrons. The molecule has 1 aromatic carbocycles. The highest BCUT2D eigenvalue weighted by Crippen LogP contribution is 2.57. The summed E-state index contributed by atoms with van der Waals surface area (Å²) in [6, 6.07) is 4.48. The van der Waals surface area contributed by atoms with E-state index in [0.717, 1.165) is 18.2 Å². The molecule has 4 heterocycles. The summed E-state index contributed by atoms with van der Waals surface area (Å²) in [7, 11) is -3.86. The second-order valence-corrected chi connectivity index (χ2v) is 19.2. The van der Waals surface area contributed by atoms with E-state index in [1.807, 2.05) is 31.2 Å². The van der Waals surface area contributed by atoms with Crippen molar-refractivity contribution < 1.29 is 46.5 Å². The SMILES string of the molecule is C[C@@H]1CC/C=C\[C@@H]2C[C@@]2(C(=O)NS(=O)(=O)C2CC2)CC(=O)[C@@H]2C[C@@H](Oc3nccc4c5c(ccc34)OCCO5)CN2C(=O)[C@@H](CC(=O)OC(C)(C)C)[C@H](C)C1. The van der Waals surface area contributed by atoms with Gasteiger partial charge in [-0.05, 0) is 95.2 Å². The zero-order valence-corrected chi connectivity index (χ0v) is 33.2. The molecule has 2 saturated carbocycles. The van der Waals surface area contributed by atoms with Gasteiger partial charge < -0.3 is 23.8 Å². The van der Waals surface area contributed by atoms with E-state index in [2.05, 4.69) is 16.6 Å². The maximum absolute atomic E-state index is 14.9. The quantitative estimate of drug-likeness (QED) is 0.287. The van der Waals surface area contributed by atoms with Gasteiger partial charge in [-0.3, -0.25) is 23.9 Å². The van der Waals surface area contributed by atoms with Crippen molar-refractivity contribution in [3.8, 4) is 17.4 Å². The number of carbonyl (C=O) groups is 4. The molecule has 5 aliphatic rings. The predicted molar refractivity (Wildman–Crippen MR) is 203 cm³/mol. The minimum Gasteiger partial charge on any atom is -0.486 e. The van der Waals surface area contributed by atoms with Crippen molar-refractivity contribution >= 4 is 44.4 Å². The first-order valence-corrected chi connectivity index (χ1v) is 21.2. The van der Waals surface area contributed by atoms with Crippen molar-refractivity contribution in [1.29, 1.82) is 0 Å². The van der Waals surface area contributed by atoms with Crippen molar-refractivity contribution in [3.05, 3.63) is 36.5 Å². The Morgan fingerprint density at radius 2 is 1.80 bits per heavy atom. The fourth-order valence-corrected chi connectivity index (χ4v) is 9.92. The van der Waals surface area contributed by atoms with Crippen LogP contribution >= 0.6 is 0 Å². The second-order valence-electron chi connectivity index (χ2n) is 17.3. The molecule has 7 atom stereocenters. The third-order valence-electron chi connectivity index (χ3n) is 11.7. The Labute approximate surface area is 322 Å². The van der Waals surface area contributed by atoms with Crippen LogP contribution in [0, 0.1) is 29.1 Å². The Morgan fingerprint density at radius 3 is 2.55 bits per heavy atom. The molecule has 3 fully saturated rings. The number of fused-ring (bicyclic) bond motifs is 5. The Hall–Kier alpha value is -4.20. The van der Waals surface area contributed by atoms with Gasteiger partial charge in [0.2, 0.25) is 27.7 Å².